The van der Waals surface area contributed by atoms with Gasteiger partial charge in [-0.25, -0.2) is 4.79 Å². The quantitative estimate of drug-likeness (QED) is 0.882. The Balaban J connectivity index is 1.71. The maximum absolute atomic E-state index is 11.8. The molecule has 1 unspecified atom stereocenters. The first-order chi connectivity index (χ1) is 11.2. The third-order valence-electron chi connectivity index (χ3n) is 4.28. The monoisotopic (exact) mass is 353 g/mol. The van der Waals surface area contributed by atoms with Gasteiger partial charge in [0.2, 0.25) is 0 Å². The summed E-state index contributed by atoms with van der Waals surface area (Å²) < 4.78 is 5.31. The highest BCUT2D eigenvalue weighted by molar-refractivity contribution is 7.07. The largest absolute Gasteiger partial charge is 0.444 e. The minimum absolute atomic E-state index is 0.0840. The Hall–Kier alpha value is -1.11. The van der Waals surface area contributed by atoms with Crippen molar-refractivity contribution in [1.29, 1.82) is 0 Å². The van der Waals surface area contributed by atoms with Crippen LogP contribution in [0.1, 0.15) is 46.2 Å². The first-order valence-corrected chi connectivity index (χ1v) is 9.67. The lowest BCUT2D eigenvalue weighted by Gasteiger charge is -2.38. The maximum Gasteiger partial charge on any atom is 0.407 e. The molecule has 0 radical (unpaired) electrons. The highest BCUT2D eigenvalue weighted by Gasteiger charge is 2.24. The molecule has 1 saturated heterocycles. The van der Waals surface area contributed by atoms with Gasteiger partial charge in [0.25, 0.3) is 0 Å². The maximum atomic E-state index is 11.8. The molecule has 136 valence electrons. The van der Waals surface area contributed by atoms with Gasteiger partial charge >= 0.3 is 6.09 Å². The molecule has 1 fully saturated rings. The molecule has 1 N–H and O–H groups in total. The Morgan fingerprint density at radius 1 is 1.29 bits per heavy atom. The normalized spacial score (nSPS) is 19.7. The van der Waals surface area contributed by atoms with Crippen molar-refractivity contribution in [2.24, 2.45) is 0 Å². The van der Waals surface area contributed by atoms with Crippen molar-refractivity contribution in [1.82, 2.24) is 15.1 Å². The summed E-state index contributed by atoms with van der Waals surface area (Å²) in [6, 6.07) is 2.78. The minimum Gasteiger partial charge on any atom is -0.444 e. The molecule has 1 aliphatic heterocycles. The fraction of sp³-hybridized carbons (Fsp3) is 0.722. The number of hydrogen-bond donors (Lipinski definition) is 1. The topological polar surface area (TPSA) is 44.8 Å². The van der Waals surface area contributed by atoms with Crippen LogP contribution in [0, 0.1) is 0 Å². The highest BCUT2D eigenvalue weighted by Crippen LogP contribution is 2.23. The molecule has 2 atom stereocenters. The molecule has 5 nitrogen and oxygen atoms in total. The average Bonchev–Trinajstić information content (AvgIpc) is 2.99. The lowest BCUT2D eigenvalue weighted by atomic mass is 10.1. The number of nitrogens with zero attached hydrogens (tertiary/aromatic N) is 2. The minimum atomic E-state index is -0.451. The third-order valence-corrected chi connectivity index (χ3v) is 4.98. The first-order valence-electron chi connectivity index (χ1n) is 8.72. The van der Waals surface area contributed by atoms with Crippen molar-refractivity contribution in [3.63, 3.8) is 0 Å². The fourth-order valence-corrected chi connectivity index (χ4v) is 3.75. The van der Waals surface area contributed by atoms with E-state index in [1.54, 1.807) is 11.3 Å². The van der Waals surface area contributed by atoms with Gasteiger partial charge in [0.1, 0.15) is 5.60 Å². The third kappa shape index (κ3) is 6.07. The number of alkyl carbamates (subject to hydrolysis) is 1. The summed E-state index contributed by atoms with van der Waals surface area (Å²) in [6.45, 7) is 15.0. The van der Waals surface area contributed by atoms with Crippen LogP contribution in [-0.2, 0) is 4.74 Å². The van der Waals surface area contributed by atoms with E-state index in [-0.39, 0.29) is 12.1 Å². The molecule has 1 aromatic rings. The number of ether oxygens (including phenoxy) is 1. The van der Waals surface area contributed by atoms with E-state index in [2.05, 4.69) is 38.9 Å². The van der Waals surface area contributed by atoms with Gasteiger partial charge in [-0.05, 0) is 57.0 Å². The van der Waals surface area contributed by atoms with Crippen LogP contribution in [0.5, 0.6) is 0 Å². The van der Waals surface area contributed by atoms with Crippen LogP contribution in [0.4, 0.5) is 4.79 Å². The predicted octanol–water partition coefficient (Wildman–Crippen LogP) is 3.34. The standard InChI is InChI=1S/C18H31N3O2S/c1-14(19-17(22)23-18(3,4)5)12-20-7-9-21(10-8-20)15(2)16-6-11-24-13-16/h6,11,13-15H,7-10,12H2,1-5H3,(H,19,22)/t14-,15?/m1/s1. The van der Waals surface area contributed by atoms with Crippen LogP contribution in [0.3, 0.4) is 0 Å². The molecule has 0 aromatic carbocycles. The van der Waals surface area contributed by atoms with Crippen molar-refractivity contribution in [2.45, 2.75) is 52.3 Å². The SMILES string of the molecule is CC(c1ccsc1)N1CCN(C[C@@H](C)NC(=O)OC(C)(C)C)CC1. The summed E-state index contributed by atoms with van der Waals surface area (Å²) in [5, 5.41) is 7.31. The summed E-state index contributed by atoms with van der Waals surface area (Å²) in [4.78, 5) is 16.8. The number of carbonyl (C=O) groups is 1. The number of carbonyl (C=O) groups excluding carboxylic acids is 1. The van der Waals surface area contributed by atoms with E-state index in [1.165, 1.54) is 5.56 Å². The summed E-state index contributed by atoms with van der Waals surface area (Å²) in [5.74, 6) is 0. The van der Waals surface area contributed by atoms with Gasteiger partial charge in [0.05, 0.1) is 0 Å². The van der Waals surface area contributed by atoms with E-state index in [9.17, 15) is 4.79 Å². The second-order valence-electron chi connectivity index (χ2n) is 7.62. The van der Waals surface area contributed by atoms with Gasteiger partial charge in [-0.3, -0.25) is 9.80 Å². The lowest BCUT2D eigenvalue weighted by molar-refractivity contribution is 0.0479. The predicted molar refractivity (Wildman–Crippen MR) is 99.6 cm³/mol. The zero-order chi connectivity index (χ0) is 17.7. The summed E-state index contributed by atoms with van der Waals surface area (Å²) >= 11 is 1.76. The van der Waals surface area contributed by atoms with Crippen molar-refractivity contribution in [3.8, 4) is 0 Å². The number of rotatable bonds is 5. The Labute approximate surface area is 150 Å². The Bertz CT molecular complexity index is 505. The van der Waals surface area contributed by atoms with Crippen molar-refractivity contribution in [2.75, 3.05) is 32.7 Å². The smallest absolute Gasteiger partial charge is 0.407 e. The first kappa shape index (κ1) is 19.2. The van der Waals surface area contributed by atoms with E-state index < -0.39 is 5.60 Å². The summed E-state index contributed by atoms with van der Waals surface area (Å²) in [5.41, 5.74) is 0.959. The van der Waals surface area contributed by atoms with Crippen LogP contribution in [0.25, 0.3) is 0 Å². The summed E-state index contributed by atoms with van der Waals surface area (Å²) in [6.07, 6.45) is -0.334. The van der Waals surface area contributed by atoms with Crippen molar-refractivity contribution < 1.29 is 9.53 Å². The number of thiophene rings is 1. The number of piperazine rings is 1. The molecule has 1 amide bonds. The van der Waals surface area contributed by atoms with E-state index >= 15 is 0 Å². The van der Waals surface area contributed by atoms with Crippen molar-refractivity contribution in [3.05, 3.63) is 22.4 Å². The van der Waals surface area contributed by atoms with Gasteiger partial charge < -0.3 is 10.1 Å². The Kier molecular flexibility index (Phi) is 6.66. The van der Waals surface area contributed by atoms with E-state index in [0.717, 1.165) is 32.7 Å². The Morgan fingerprint density at radius 2 is 1.96 bits per heavy atom. The molecule has 0 saturated carbocycles. The van der Waals surface area contributed by atoms with Crippen LogP contribution in [-0.4, -0.2) is 60.3 Å². The van der Waals surface area contributed by atoms with Crippen LogP contribution in [0.15, 0.2) is 16.8 Å². The van der Waals surface area contributed by atoms with Crippen LogP contribution >= 0.6 is 11.3 Å². The van der Waals surface area contributed by atoms with E-state index in [1.807, 2.05) is 27.7 Å². The number of amides is 1. The zero-order valence-corrected chi connectivity index (χ0v) is 16.4. The molecular formula is C18H31N3O2S. The van der Waals surface area contributed by atoms with Gasteiger partial charge in [-0.15, -0.1) is 0 Å². The van der Waals surface area contributed by atoms with Gasteiger partial charge in [0.15, 0.2) is 0 Å². The molecule has 0 aliphatic carbocycles. The van der Waals surface area contributed by atoms with Crippen LogP contribution in [0.2, 0.25) is 0 Å². The number of nitrogens with one attached hydrogen (secondary N) is 1. The van der Waals surface area contributed by atoms with E-state index in [0.29, 0.717) is 6.04 Å². The molecule has 6 heteroatoms. The highest BCUT2D eigenvalue weighted by atomic mass is 32.1. The molecule has 2 rings (SSSR count). The van der Waals surface area contributed by atoms with Crippen molar-refractivity contribution >= 4 is 17.4 Å². The second kappa shape index (κ2) is 8.32. The average molecular weight is 354 g/mol. The van der Waals surface area contributed by atoms with Gasteiger partial charge in [-0.2, -0.15) is 11.3 Å². The Morgan fingerprint density at radius 3 is 2.50 bits per heavy atom. The summed E-state index contributed by atoms with van der Waals surface area (Å²) in [7, 11) is 0. The second-order valence-corrected chi connectivity index (χ2v) is 8.40. The molecule has 1 aromatic heterocycles. The molecule has 24 heavy (non-hydrogen) atoms. The van der Waals surface area contributed by atoms with Crippen LogP contribution < -0.4 is 5.32 Å². The fourth-order valence-electron chi connectivity index (χ4n) is 3.00. The molecule has 1 aliphatic rings. The molecular weight excluding hydrogens is 322 g/mol. The van der Waals surface area contributed by atoms with E-state index in [4.69, 9.17) is 4.74 Å². The lowest BCUT2D eigenvalue weighted by Crippen LogP contribution is -2.51. The van der Waals surface area contributed by atoms with Gasteiger partial charge in [-0.1, -0.05) is 0 Å². The number of hydrogen-bond acceptors (Lipinski definition) is 5. The molecule has 2 heterocycles. The zero-order valence-electron chi connectivity index (χ0n) is 15.5. The molecule has 0 bridgehead atoms. The molecule has 0 spiro atoms. The van der Waals surface area contributed by atoms with Gasteiger partial charge in [0, 0.05) is 44.8 Å².